The number of halogens is 2. The summed E-state index contributed by atoms with van der Waals surface area (Å²) in [7, 11) is -3.59. The zero-order valence-corrected chi connectivity index (χ0v) is 15.4. The monoisotopic (exact) mass is 404 g/mol. The van der Waals surface area contributed by atoms with Crippen LogP contribution in [-0.2, 0) is 9.84 Å². The Balaban J connectivity index is 1.77. The van der Waals surface area contributed by atoms with Gasteiger partial charge in [-0.25, -0.2) is 13.2 Å². The SMILES string of the molecule is CS(=O)(=O)c1nnc([C@@H]2CCCN2C(=O)Nc2ccc(Cl)c(Cl)c2)o1. The summed E-state index contributed by atoms with van der Waals surface area (Å²) in [6.07, 6.45) is 2.31. The molecule has 0 aliphatic carbocycles. The van der Waals surface area contributed by atoms with Gasteiger partial charge in [0.25, 0.3) is 0 Å². The predicted molar refractivity (Wildman–Crippen MR) is 91.6 cm³/mol. The van der Waals surface area contributed by atoms with Gasteiger partial charge in [-0.1, -0.05) is 28.3 Å². The zero-order chi connectivity index (χ0) is 18.2. The molecule has 0 saturated carbocycles. The average Bonchev–Trinajstić information content (AvgIpc) is 3.18. The Kier molecular flexibility index (Phi) is 4.90. The fourth-order valence-electron chi connectivity index (χ4n) is 2.54. The van der Waals surface area contributed by atoms with E-state index in [1.165, 1.54) is 4.90 Å². The number of rotatable bonds is 3. The standard InChI is InChI=1S/C14H14Cl2N4O4S/c1-25(22,23)14-19-18-12(24-14)11-3-2-6-20(11)13(21)17-8-4-5-9(15)10(16)7-8/h4-5,7,11H,2-3,6H2,1H3,(H,17,21)/t11-/m0/s1. The number of benzene rings is 1. The van der Waals surface area contributed by atoms with Gasteiger partial charge in [-0.15, -0.1) is 5.10 Å². The van der Waals surface area contributed by atoms with E-state index in [2.05, 4.69) is 15.5 Å². The average molecular weight is 405 g/mol. The molecule has 1 aromatic heterocycles. The molecule has 1 aliphatic rings. The Morgan fingerprint density at radius 2 is 2.08 bits per heavy atom. The van der Waals surface area contributed by atoms with E-state index in [9.17, 15) is 13.2 Å². The van der Waals surface area contributed by atoms with Gasteiger partial charge in [-0.2, -0.15) is 0 Å². The Morgan fingerprint density at radius 3 is 2.72 bits per heavy atom. The van der Waals surface area contributed by atoms with Crippen LogP contribution in [0.3, 0.4) is 0 Å². The summed E-state index contributed by atoms with van der Waals surface area (Å²) < 4.78 is 28.2. The van der Waals surface area contributed by atoms with Crippen molar-refractivity contribution in [1.29, 1.82) is 0 Å². The van der Waals surface area contributed by atoms with Crippen LogP contribution in [0, 0.1) is 0 Å². The van der Waals surface area contributed by atoms with Gasteiger partial charge in [0.1, 0.15) is 6.04 Å². The van der Waals surface area contributed by atoms with Gasteiger partial charge in [-0.05, 0) is 31.0 Å². The number of nitrogens with zero attached hydrogens (tertiary/aromatic N) is 3. The van der Waals surface area contributed by atoms with Crippen molar-refractivity contribution in [2.24, 2.45) is 0 Å². The maximum Gasteiger partial charge on any atom is 0.335 e. The second-order valence-electron chi connectivity index (χ2n) is 5.59. The second-order valence-corrected chi connectivity index (χ2v) is 8.30. The third-order valence-corrected chi connectivity index (χ3v) is 5.25. The Bertz CT molecular complexity index is 915. The molecule has 25 heavy (non-hydrogen) atoms. The maximum atomic E-state index is 12.5. The lowest BCUT2D eigenvalue weighted by atomic mass is 10.2. The van der Waals surface area contributed by atoms with Gasteiger partial charge >= 0.3 is 11.3 Å². The Morgan fingerprint density at radius 1 is 1.32 bits per heavy atom. The molecule has 0 unspecified atom stereocenters. The molecule has 1 fully saturated rings. The molecular formula is C14H14Cl2N4O4S. The first-order valence-corrected chi connectivity index (χ1v) is 9.96. The smallest absolute Gasteiger partial charge is 0.335 e. The van der Waals surface area contributed by atoms with Crippen molar-refractivity contribution >= 4 is 44.8 Å². The fourth-order valence-corrected chi connectivity index (χ4v) is 3.26. The molecule has 134 valence electrons. The minimum Gasteiger partial charge on any atom is -0.410 e. The fraction of sp³-hybridized carbons (Fsp3) is 0.357. The van der Waals surface area contributed by atoms with Crippen LogP contribution >= 0.6 is 23.2 Å². The molecule has 11 heteroatoms. The topological polar surface area (TPSA) is 105 Å². The molecule has 0 radical (unpaired) electrons. The number of hydrogen-bond acceptors (Lipinski definition) is 6. The molecule has 0 spiro atoms. The zero-order valence-electron chi connectivity index (χ0n) is 13.1. The van der Waals surface area contributed by atoms with E-state index in [0.717, 1.165) is 12.7 Å². The van der Waals surface area contributed by atoms with Crippen molar-refractivity contribution in [3.05, 3.63) is 34.1 Å². The van der Waals surface area contributed by atoms with Crippen molar-refractivity contribution in [3.8, 4) is 0 Å². The van der Waals surface area contributed by atoms with Crippen molar-refractivity contribution in [2.45, 2.75) is 24.1 Å². The van der Waals surface area contributed by atoms with Gasteiger partial charge < -0.3 is 14.6 Å². The van der Waals surface area contributed by atoms with Crippen LogP contribution in [0.2, 0.25) is 10.0 Å². The molecule has 2 heterocycles. The molecule has 1 aromatic carbocycles. The number of carbonyl (C=O) groups is 1. The number of carbonyl (C=O) groups excluding carboxylic acids is 1. The normalized spacial score (nSPS) is 17.7. The van der Waals surface area contributed by atoms with Gasteiger partial charge in [0, 0.05) is 18.5 Å². The minimum atomic E-state index is -3.59. The number of anilines is 1. The Labute approximate surface area is 154 Å². The number of likely N-dealkylation sites (tertiary alicyclic amines) is 1. The van der Waals surface area contributed by atoms with Crippen molar-refractivity contribution in [2.75, 3.05) is 18.1 Å². The highest BCUT2D eigenvalue weighted by Gasteiger charge is 2.34. The summed E-state index contributed by atoms with van der Waals surface area (Å²) in [5.74, 6) is 0.0993. The van der Waals surface area contributed by atoms with Gasteiger partial charge in [0.15, 0.2) is 0 Å². The van der Waals surface area contributed by atoms with Gasteiger partial charge in [-0.3, -0.25) is 0 Å². The number of aromatic nitrogens is 2. The van der Waals surface area contributed by atoms with Gasteiger partial charge in [0.2, 0.25) is 15.7 Å². The van der Waals surface area contributed by atoms with Crippen LogP contribution in [0.5, 0.6) is 0 Å². The first kappa shape index (κ1) is 18.0. The van der Waals surface area contributed by atoms with Gasteiger partial charge in [0.05, 0.1) is 10.0 Å². The number of sulfone groups is 1. The molecule has 3 rings (SSSR count). The van der Waals surface area contributed by atoms with E-state index in [-0.39, 0.29) is 11.9 Å². The molecule has 1 saturated heterocycles. The van der Waals surface area contributed by atoms with Crippen molar-refractivity contribution < 1.29 is 17.6 Å². The highest BCUT2D eigenvalue weighted by Crippen LogP contribution is 2.32. The quantitative estimate of drug-likeness (QED) is 0.841. The molecule has 2 aromatic rings. The first-order chi connectivity index (χ1) is 11.8. The van der Waals surface area contributed by atoms with Crippen LogP contribution in [0.4, 0.5) is 10.5 Å². The molecule has 1 N–H and O–H groups in total. The third-order valence-electron chi connectivity index (χ3n) is 3.71. The lowest BCUT2D eigenvalue weighted by Crippen LogP contribution is -2.34. The summed E-state index contributed by atoms with van der Waals surface area (Å²) in [5.41, 5.74) is 0.493. The summed E-state index contributed by atoms with van der Waals surface area (Å²) in [4.78, 5) is 14.0. The number of hydrogen-bond donors (Lipinski definition) is 1. The van der Waals surface area contributed by atoms with E-state index in [1.54, 1.807) is 18.2 Å². The largest absolute Gasteiger partial charge is 0.410 e. The molecule has 0 bridgehead atoms. The van der Waals surface area contributed by atoms with Crippen LogP contribution in [0.15, 0.2) is 27.8 Å². The second kappa shape index (κ2) is 6.81. The van der Waals surface area contributed by atoms with E-state index in [1.807, 2.05) is 0 Å². The van der Waals surface area contributed by atoms with E-state index < -0.39 is 21.1 Å². The molecule has 1 atom stereocenters. The Hall–Kier alpha value is -1.84. The highest BCUT2D eigenvalue weighted by molar-refractivity contribution is 7.90. The molecule has 1 aliphatic heterocycles. The predicted octanol–water partition coefficient (Wildman–Crippen LogP) is 3.15. The number of amides is 2. The third kappa shape index (κ3) is 3.88. The first-order valence-electron chi connectivity index (χ1n) is 7.32. The van der Waals surface area contributed by atoms with E-state index >= 15 is 0 Å². The lowest BCUT2D eigenvalue weighted by Gasteiger charge is -2.22. The molecular weight excluding hydrogens is 391 g/mol. The summed E-state index contributed by atoms with van der Waals surface area (Å²) in [6.45, 7) is 0.481. The summed E-state index contributed by atoms with van der Waals surface area (Å²) in [5, 5.41) is 10.3. The lowest BCUT2D eigenvalue weighted by molar-refractivity contribution is 0.195. The number of nitrogens with one attached hydrogen (secondary N) is 1. The highest BCUT2D eigenvalue weighted by atomic mass is 35.5. The molecule has 2 amide bonds. The van der Waals surface area contributed by atoms with Crippen LogP contribution < -0.4 is 5.32 Å². The van der Waals surface area contributed by atoms with E-state index in [4.69, 9.17) is 27.6 Å². The minimum absolute atomic E-state index is 0.0993. The molecule has 8 nitrogen and oxygen atoms in total. The maximum absolute atomic E-state index is 12.5. The number of urea groups is 1. The van der Waals surface area contributed by atoms with Crippen LogP contribution in [-0.4, -0.2) is 42.3 Å². The van der Waals surface area contributed by atoms with E-state index in [0.29, 0.717) is 28.7 Å². The van der Waals surface area contributed by atoms with Crippen LogP contribution in [0.1, 0.15) is 24.8 Å². The van der Waals surface area contributed by atoms with Crippen molar-refractivity contribution in [3.63, 3.8) is 0 Å². The summed E-state index contributed by atoms with van der Waals surface area (Å²) in [6, 6.07) is 3.90. The van der Waals surface area contributed by atoms with Crippen molar-refractivity contribution in [1.82, 2.24) is 15.1 Å². The summed E-state index contributed by atoms with van der Waals surface area (Å²) >= 11 is 11.8. The van der Waals surface area contributed by atoms with Crippen LogP contribution in [0.25, 0.3) is 0 Å².